The van der Waals surface area contributed by atoms with Crippen molar-refractivity contribution >= 4 is 17.7 Å². The summed E-state index contributed by atoms with van der Waals surface area (Å²) < 4.78 is 28.8. The number of rotatable bonds is 4. The van der Waals surface area contributed by atoms with E-state index in [0.29, 0.717) is 27.9 Å². The van der Waals surface area contributed by atoms with Crippen molar-refractivity contribution in [3.63, 3.8) is 0 Å². The predicted molar refractivity (Wildman–Crippen MR) is 111 cm³/mol. The van der Waals surface area contributed by atoms with Gasteiger partial charge in [-0.2, -0.15) is 5.26 Å². The number of carbonyl (C=O) groups is 3. The monoisotopic (exact) mass is 440 g/mol. The Labute approximate surface area is 183 Å². The summed E-state index contributed by atoms with van der Waals surface area (Å²) >= 11 is 0. The minimum Gasteiger partial charge on any atom is -0.350 e. The summed E-state index contributed by atoms with van der Waals surface area (Å²) in [6.45, 7) is 1.26. The molecule has 1 spiro atoms. The first kappa shape index (κ1) is 21.7. The molecule has 9 heteroatoms. The number of alkyl halides is 2. The van der Waals surface area contributed by atoms with E-state index in [2.05, 4.69) is 11.4 Å². The van der Waals surface area contributed by atoms with E-state index in [4.69, 9.17) is 0 Å². The Bertz CT molecular complexity index is 1170. The van der Waals surface area contributed by atoms with Crippen molar-refractivity contribution in [2.45, 2.75) is 44.1 Å². The molecule has 1 aliphatic carbocycles. The van der Waals surface area contributed by atoms with Crippen molar-refractivity contribution in [3.05, 3.63) is 47.2 Å². The molecule has 1 aliphatic heterocycles. The molecule has 2 heterocycles. The van der Waals surface area contributed by atoms with Gasteiger partial charge in [0.2, 0.25) is 5.92 Å². The molecule has 0 atom stereocenters. The maximum atomic E-state index is 13.6. The lowest BCUT2D eigenvalue weighted by atomic mass is 9.80. The number of aryl methyl sites for hydroxylation is 1. The van der Waals surface area contributed by atoms with Crippen LogP contribution in [0.2, 0.25) is 0 Å². The Hall–Kier alpha value is -3.54. The van der Waals surface area contributed by atoms with Crippen molar-refractivity contribution in [2.75, 3.05) is 6.54 Å². The van der Waals surface area contributed by atoms with Gasteiger partial charge in [-0.25, -0.2) is 13.6 Å². The number of nitrogens with one attached hydrogen (secondary N) is 1. The van der Waals surface area contributed by atoms with Gasteiger partial charge in [-0.05, 0) is 31.4 Å². The molecule has 3 amide bonds. The number of amides is 3. The third kappa shape index (κ3) is 3.45. The van der Waals surface area contributed by atoms with Gasteiger partial charge in [0.15, 0.2) is 5.78 Å². The molecule has 0 bridgehead atoms. The lowest BCUT2D eigenvalue weighted by molar-refractivity contribution is -0.135. The summed E-state index contributed by atoms with van der Waals surface area (Å²) in [4.78, 5) is 39.3. The maximum absolute atomic E-state index is 13.6. The Morgan fingerprint density at radius 3 is 2.50 bits per heavy atom. The number of halogens is 2. The summed E-state index contributed by atoms with van der Waals surface area (Å²) in [5.41, 5.74) is 1.41. The second kappa shape index (κ2) is 7.55. The summed E-state index contributed by atoms with van der Waals surface area (Å²) in [5.74, 6) is -3.92. The van der Waals surface area contributed by atoms with E-state index in [1.807, 2.05) is 0 Å². The molecule has 1 saturated heterocycles. The molecule has 2 aliphatic rings. The Morgan fingerprint density at radius 1 is 1.19 bits per heavy atom. The van der Waals surface area contributed by atoms with Gasteiger partial charge in [-0.15, -0.1) is 0 Å². The highest BCUT2D eigenvalue weighted by Gasteiger charge is 2.55. The van der Waals surface area contributed by atoms with Crippen LogP contribution in [0.3, 0.4) is 0 Å². The van der Waals surface area contributed by atoms with E-state index in [1.165, 1.54) is 0 Å². The zero-order valence-electron chi connectivity index (χ0n) is 17.7. The van der Waals surface area contributed by atoms with Gasteiger partial charge in [-0.3, -0.25) is 14.5 Å². The van der Waals surface area contributed by atoms with Crippen LogP contribution in [0.4, 0.5) is 13.6 Å². The first-order valence-electron chi connectivity index (χ1n) is 10.3. The number of hydrogen-bond donors (Lipinski definition) is 1. The molecule has 0 unspecified atom stereocenters. The van der Waals surface area contributed by atoms with Gasteiger partial charge in [0.1, 0.15) is 5.54 Å². The average Bonchev–Trinajstić information content (AvgIpc) is 3.18. The summed E-state index contributed by atoms with van der Waals surface area (Å²) in [6.07, 6.45) is 0.320. The fourth-order valence-corrected chi connectivity index (χ4v) is 4.64. The molecule has 0 radical (unpaired) electrons. The molecule has 1 saturated carbocycles. The van der Waals surface area contributed by atoms with Gasteiger partial charge in [-0.1, -0.05) is 18.2 Å². The van der Waals surface area contributed by atoms with Gasteiger partial charge in [0.05, 0.1) is 23.9 Å². The Balaban J connectivity index is 1.59. The van der Waals surface area contributed by atoms with E-state index >= 15 is 0 Å². The van der Waals surface area contributed by atoms with Crippen LogP contribution in [0.15, 0.2) is 30.5 Å². The number of nitriles is 1. The first-order chi connectivity index (χ1) is 15.1. The van der Waals surface area contributed by atoms with Crippen molar-refractivity contribution in [3.8, 4) is 17.3 Å². The Morgan fingerprint density at radius 2 is 1.84 bits per heavy atom. The number of hydrogen-bond acceptors (Lipinski definition) is 4. The minimum atomic E-state index is -2.85. The van der Waals surface area contributed by atoms with Crippen LogP contribution in [0.25, 0.3) is 11.3 Å². The predicted octanol–water partition coefficient (Wildman–Crippen LogP) is 3.55. The molecule has 7 nitrogen and oxygen atoms in total. The molecule has 4 rings (SSSR count). The molecule has 1 N–H and O–H groups in total. The highest BCUT2D eigenvalue weighted by atomic mass is 19.3. The molecular formula is C23H22F2N4O3. The van der Waals surface area contributed by atoms with Crippen LogP contribution in [0.1, 0.15) is 47.2 Å². The fourth-order valence-electron chi connectivity index (χ4n) is 4.64. The number of nitrogens with zero attached hydrogens (tertiary/aromatic N) is 3. The molecule has 2 fully saturated rings. The topological polar surface area (TPSA) is 95.2 Å². The smallest absolute Gasteiger partial charge is 0.325 e. The van der Waals surface area contributed by atoms with Crippen molar-refractivity contribution in [2.24, 2.45) is 7.05 Å². The number of imide groups is 1. The molecule has 2 aromatic rings. The van der Waals surface area contributed by atoms with Gasteiger partial charge in [0.25, 0.3) is 5.91 Å². The lowest BCUT2D eigenvalue weighted by Gasteiger charge is -2.34. The standard InChI is InChI=1S/C23H22F2N4O3/c1-14-17(12-28(2)19(14)16-6-4-3-5-15(16)11-26)18(30)13-29-20(31)22(27-21(29)32)7-9-23(24,25)10-8-22/h3-6,12H,7-10,13H2,1-2H3,(H,27,32). The van der Waals surface area contributed by atoms with E-state index in [9.17, 15) is 28.4 Å². The largest absolute Gasteiger partial charge is 0.350 e. The molecule has 32 heavy (non-hydrogen) atoms. The highest BCUT2D eigenvalue weighted by Crippen LogP contribution is 2.41. The zero-order valence-corrected chi connectivity index (χ0v) is 17.7. The lowest BCUT2D eigenvalue weighted by Crippen LogP contribution is -2.51. The van der Waals surface area contributed by atoms with Crippen LogP contribution in [0, 0.1) is 18.3 Å². The van der Waals surface area contributed by atoms with Crippen LogP contribution < -0.4 is 5.32 Å². The van der Waals surface area contributed by atoms with E-state index < -0.39 is 48.6 Å². The number of benzene rings is 1. The first-order valence-corrected chi connectivity index (χ1v) is 10.3. The van der Waals surface area contributed by atoms with Crippen molar-refractivity contribution < 1.29 is 23.2 Å². The zero-order chi connectivity index (χ0) is 23.3. The van der Waals surface area contributed by atoms with Gasteiger partial charge in [0, 0.05) is 37.2 Å². The molecule has 166 valence electrons. The van der Waals surface area contributed by atoms with Gasteiger partial charge >= 0.3 is 6.03 Å². The molecule has 1 aromatic carbocycles. The summed E-state index contributed by atoms with van der Waals surface area (Å²) in [5, 5.41) is 12.0. The second-order valence-corrected chi connectivity index (χ2v) is 8.47. The normalized spacial score (nSPS) is 19.2. The summed E-state index contributed by atoms with van der Waals surface area (Å²) in [6, 6.07) is 8.42. The third-order valence-corrected chi connectivity index (χ3v) is 6.42. The SMILES string of the molecule is Cc1c(C(=O)CN2C(=O)NC3(CCC(F)(F)CC3)C2=O)cn(C)c1-c1ccccc1C#N. The van der Waals surface area contributed by atoms with Crippen molar-refractivity contribution in [1.82, 2.24) is 14.8 Å². The van der Waals surface area contributed by atoms with E-state index in [1.54, 1.807) is 49.0 Å². The molecular weight excluding hydrogens is 418 g/mol. The maximum Gasteiger partial charge on any atom is 0.325 e. The summed E-state index contributed by atoms with van der Waals surface area (Å²) in [7, 11) is 1.75. The fraction of sp³-hybridized carbons (Fsp3) is 0.391. The molecule has 1 aromatic heterocycles. The average molecular weight is 440 g/mol. The number of aromatic nitrogens is 1. The minimum absolute atomic E-state index is 0.158. The number of Topliss-reactive ketones (excluding diaryl/α,β-unsaturated/α-hetero) is 1. The van der Waals surface area contributed by atoms with Crippen molar-refractivity contribution in [1.29, 1.82) is 5.26 Å². The number of carbonyl (C=O) groups excluding carboxylic acids is 3. The van der Waals surface area contributed by atoms with Crippen LogP contribution in [-0.4, -0.2) is 45.2 Å². The van der Waals surface area contributed by atoms with Crippen LogP contribution in [-0.2, 0) is 11.8 Å². The third-order valence-electron chi connectivity index (χ3n) is 6.42. The highest BCUT2D eigenvalue weighted by molar-refractivity contribution is 6.11. The van der Waals surface area contributed by atoms with E-state index in [-0.39, 0.29) is 12.8 Å². The number of urea groups is 1. The quantitative estimate of drug-likeness (QED) is 0.581. The van der Waals surface area contributed by atoms with Crippen LogP contribution in [0.5, 0.6) is 0 Å². The van der Waals surface area contributed by atoms with Gasteiger partial charge < -0.3 is 9.88 Å². The van der Waals surface area contributed by atoms with E-state index in [0.717, 1.165) is 4.90 Å². The number of ketones is 1. The van der Waals surface area contributed by atoms with Crippen LogP contribution >= 0.6 is 0 Å². The Kier molecular flexibility index (Phi) is 5.12. The second-order valence-electron chi connectivity index (χ2n) is 8.47.